The molecule has 118 valence electrons. The molecule has 0 fully saturated rings. The highest BCUT2D eigenvalue weighted by Gasteiger charge is 2.17. The van der Waals surface area contributed by atoms with Crippen LogP contribution in [0.4, 0.5) is 11.6 Å². The number of hydrazine groups is 1. The molecule has 7 heteroatoms. The van der Waals surface area contributed by atoms with Crippen LogP contribution in [0.25, 0.3) is 0 Å². The van der Waals surface area contributed by atoms with Gasteiger partial charge in [0, 0.05) is 25.6 Å². The normalized spacial score (nSPS) is 10.3. The molecule has 1 heterocycles. The fourth-order valence-corrected chi connectivity index (χ4v) is 2.12. The lowest BCUT2D eigenvalue weighted by Gasteiger charge is -2.25. The first-order valence-electron chi connectivity index (χ1n) is 7.36. The van der Waals surface area contributed by atoms with Crippen molar-refractivity contribution in [1.29, 1.82) is 0 Å². The molecular formula is C14H26N6O. The van der Waals surface area contributed by atoms with Gasteiger partial charge >= 0.3 is 0 Å². The van der Waals surface area contributed by atoms with Gasteiger partial charge in [0.1, 0.15) is 17.5 Å². The van der Waals surface area contributed by atoms with Crippen LogP contribution in [0.15, 0.2) is 0 Å². The van der Waals surface area contributed by atoms with E-state index in [0.29, 0.717) is 5.82 Å². The second-order valence-corrected chi connectivity index (χ2v) is 4.93. The first-order valence-corrected chi connectivity index (χ1v) is 7.36. The monoisotopic (exact) mass is 294 g/mol. The number of nitrogens with one attached hydrogen (secondary N) is 2. The standard InChI is InChI=1S/C14H26N6O/c1-5-7-11-17-13(19-15)10(3)14(18-11)20(8-6-2)9-12(21)16-4/h5-9,15H2,1-4H3,(H,16,21)(H,17,18,19). The summed E-state index contributed by atoms with van der Waals surface area (Å²) in [6.45, 7) is 7.08. The molecule has 0 bridgehead atoms. The Hall–Kier alpha value is -1.89. The number of aryl methyl sites for hydroxylation is 1. The molecule has 0 atom stereocenters. The third-order valence-electron chi connectivity index (χ3n) is 3.18. The van der Waals surface area contributed by atoms with Gasteiger partial charge < -0.3 is 15.6 Å². The number of likely N-dealkylation sites (N-methyl/N-ethyl adjacent to an activating group) is 1. The molecule has 0 radical (unpaired) electrons. The highest BCUT2D eigenvalue weighted by molar-refractivity contribution is 5.81. The molecule has 21 heavy (non-hydrogen) atoms. The predicted octanol–water partition coefficient (Wildman–Crippen LogP) is 0.986. The van der Waals surface area contributed by atoms with Gasteiger partial charge in [0.2, 0.25) is 5.91 Å². The van der Waals surface area contributed by atoms with Gasteiger partial charge in [0.15, 0.2) is 0 Å². The SMILES string of the molecule is CCCc1nc(NN)c(C)c(N(CCC)CC(=O)NC)n1. The summed E-state index contributed by atoms with van der Waals surface area (Å²) in [6, 6.07) is 0. The zero-order valence-corrected chi connectivity index (χ0v) is 13.4. The molecule has 0 aliphatic carbocycles. The lowest BCUT2D eigenvalue weighted by molar-refractivity contribution is -0.119. The van der Waals surface area contributed by atoms with Gasteiger partial charge in [-0.2, -0.15) is 0 Å². The summed E-state index contributed by atoms with van der Waals surface area (Å²) in [4.78, 5) is 22.7. The summed E-state index contributed by atoms with van der Waals surface area (Å²) in [7, 11) is 1.63. The first kappa shape index (κ1) is 17.2. The van der Waals surface area contributed by atoms with Crippen molar-refractivity contribution in [3.8, 4) is 0 Å². The minimum Gasteiger partial charge on any atom is -0.358 e. The van der Waals surface area contributed by atoms with E-state index < -0.39 is 0 Å². The molecule has 0 aliphatic heterocycles. The zero-order chi connectivity index (χ0) is 15.8. The van der Waals surface area contributed by atoms with Crippen LogP contribution in [0.1, 0.15) is 38.1 Å². The van der Waals surface area contributed by atoms with Crippen LogP contribution < -0.4 is 21.5 Å². The topological polar surface area (TPSA) is 96.2 Å². The van der Waals surface area contributed by atoms with Crippen LogP contribution in [-0.4, -0.2) is 36.0 Å². The van der Waals surface area contributed by atoms with E-state index in [-0.39, 0.29) is 12.5 Å². The minimum absolute atomic E-state index is 0.0410. The maximum Gasteiger partial charge on any atom is 0.239 e. The summed E-state index contributed by atoms with van der Waals surface area (Å²) in [5.74, 6) is 7.63. The number of nitrogens with two attached hydrogens (primary N) is 1. The largest absolute Gasteiger partial charge is 0.358 e. The van der Waals surface area contributed by atoms with Gasteiger partial charge in [-0.25, -0.2) is 15.8 Å². The summed E-state index contributed by atoms with van der Waals surface area (Å²) < 4.78 is 0. The average molecular weight is 294 g/mol. The summed E-state index contributed by atoms with van der Waals surface area (Å²) >= 11 is 0. The highest BCUT2D eigenvalue weighted by atomic mass is 16.1. The number of nitrogens with zero attached hydrogens (tertiary/aromatic N) is 3. The van der Waals surface area contributed by atoms with Crippen LogP contribution in [0, 0.1) is 6.92 Å². The van der Waals surface area contributed by atoms with E-state index in [1.165, 1.54) is 0 Å². The lowest BCUT2D eigenvalue weighted by atomic mass is 10.2. The van der Waals surface area contributed by atoms with E-state index in [2.05, 4.69) is 34.6 Å². The average Bonchev–Trinajstić information content (AvgIpc) is 2.48. The quantitative estimate of drug-likeness (QED) is 0.489. The Morgan fingerprint density at radius 1 is 1.29 bits per heavy atom. The lowest BCUT2D eigenvalue weighted by Crippen LogP contribution is -2.37. The van der Waals surface area contributed by atoms with Crippen LogP contribution in [-0.2, 0) is 11.2 Å². The number of hydrogen-bond acceptors (Lipinski definition) is 6. The van der Waals surface area contributed by atoms with E-state index in [1.54, 1.807) is 7.05 Å². The minimum atomic E-state index is -0.0410. The molecular weight excluding hydrogens is 268 g/mol. The van der Waals surface area contributed by atoms with Crippen molar-refractivity contribution in [2.24, 2.45) is 5.84 Å². The Bertz CT molecular complexity index is 477. The number of nitrogen functional groups attached to an aromatic ring is 1. The third-order valence-corrected chi connectivity index (χ3v) is 3.18. The van der Waals surface area contributed by atoms with Crippen LogP contribution >= 0.6 is 0 Å². The zero-order valence-electron chi connectivity index (χ0n) is 13.4. The Balaban J connectivity index is 3.20. The number of hydrogen-bond donors (Lipinski definition) is 3. The van der Waals surface area contributed by atoms with Crippen LogP contribution in [0.3, 0.4) is 0 Å². The van der Waals surface area contributed by atoms with Crippen molar-refractivity contribution in [3.05, 3.63) is 11.4 Å². The molecule has 0 aliphatic rings. The van der Waals surface area contributed by atoms with Gasteiger partial charge in [0.05, 0.1) is 6.54 Å². The molecule has 4 N–H and O–H groups in total. The second kappa shape index (κ2) is 8.41. The van der Waals surface area contributed by atoms with E-state index in [4.69, 9.17) is 5.84 Å². The molecule has 0 spiro atoms. The summed E-state index contributed by atoms with van der Waals surface area (Å²) in [5, 5.41) is 2.65. The fourth-order valence-electron chi connectivity index (χ4n) is 2.12. The maximum absolute atomic E-state index is 11.7. The molecule has 0 saturated heterocycles. The van der Waals surface area contributed by atoms with Gasteiger partial charge in [-0.15, -0.1) is 0 Å². The number of anilines is 2. The predicted molar refractivity (Wildman–Crippen MR) is 85.1 cm³/mol. The Kier molecular flexibility index (Phi) is 6.87. The Labute approximate surface area is 126 Å². The van der Waals surface area contributed by atoms with Crippen molar-refractivity contribution in [3.63, 3.8) is 0 Å². The van der Waals surface area contributed by atoms with Crippen molar-refractivity contribution in [2.75, 3.05) is 30.5 Å². The van der Waals surface area contributed by atoms with E-state index in [1.807, 2.05) is 11.8 Å². The number of carbonyl (C=O) groups excluding carboxylic acids is 1. The molecule has 1 amide bonds. The highest BCUT2D eigenvalue weighted by Crippen LogP contribution is 2.23. The number of aromatic nitrogens is 2. The van der Waals surface area contributed by atoms with Crippen LogP contribution in [0.2, 0.25) is 0 Å². The number of amides is 1. The second-order valence-electron chi connectivity index (χ2n) is 4.93. The molecule has 7 nitrogen and oxygen atoms in total. The Morgan fingerprint density at radius 2 is 2.00 bits per heavy atom. The molecule has 1 aromatic heterocycles. The van der Waals surface area contributed by atoms with Gasteiger partial charge in [-0.05, 0) is 19.8 Å². The van der Waals surface area contributed by atoms with Crippen molar-refractivity contribution in [2.45, 2.75) is 40.0 Å². The van der Waals surface area contributed by atoms with E-state index in [9.17, 15) is 4.79 Å². The summed E-state index contributed by atoms with van der Waals surface area (Å²) in [5.41, 5.74) is 3.48. The molecule has 1 rings (SSSR count). The van der Waals surface area contributed by atoms with E-state index >= 15 is 0 Å². The number of rotatable bonds is 8. The molecule has 0 saturated carbocycles. The molecule has 0 unspecified atom stereocenters. The number of carbonyl (C=O) groups is 1. The van der Waals surface area contributed by atoms with Crippen LogP contribution in [0.5, 0.6) is 0 Å². The van der Waals surface area contributed by atoms with E-state index in [0.717, 1.165) is 43.0 Å². The van der Waals surface area contributed by atoms with Crippen molar-refractivity contribution >= 4 is 17.5 Å². The fraction of sp³-hybridized carbons (Fsp3) is 0.643. The third kappa shape index (κ3) is 4.56. The summed E-state index contributed by atoms with van der Waals surface area (Å²) in [6.07, 6.45) is 2.66. The van der Waals surface area contributed by atoms with Gasteiger partial charge in [0.25, 0.3) is 0 Å². The maximum atomic E-state index is 11.7. The Morgan fingerprint density at radius 3 is 2.52 bits per heavy atom. The first-order chi connectivity index (χ1) is 10.1. The molecule has 0 aromatic carbocycles. The molecule has 1 aromatic rings. The van der Waals surface area contributed by atoms with Gasteiger partial charge in [-0.3, -0.25) is 4.79 Å². The van der Waals surface area contributed by atoms with Gasteiger partial charge in [-0.1, -0.05) is 13.8 Å². The van der Waals surface area contributed by atoms with Crippen molar-refractivity contribution in [1.82, 2.24) is 15.3 Å². The smallest absolute Gasteiger partial charge is 0.239 e. The van der Waals surface area contributed by atoms with Crippen molar-refractivity contribution < 1.29 is 4.79 Å².